The number of aromatic nitrogens is 3. The number of hydrogen-bond donors (Lipinski definition) is 2. The molecule has 0 bridgehead atoms. The van der Waals surface area contributed by atoms with Crippen LogP contribution in [0.1, 0.15) is 31.0 Å². The normalized spacial score (nSPS) is 12.0. The van der Waals surface area contributed by atoms with E-state index in [1.807, 2.05) is 42.5 Å². The summed E-state index contributed by atoms with van der Waals surface area (Å²) in [6.07, 6.45) is -3.20. The first-order chi connectivity index (χ1) is 19.6. The van der Waals surface area contributed by atoms with Crippen molar-refractivity contribution >= 4 is 51.9 Å². The lowest BCUT2D eigenvalue weighted by molar-refractivity contribution is -0.274. The van der Waals surface area contributed by atoms with Crippen LogP contribution >= 0.6 is 12.1 Å². The number of anilines is 1. The van der Waals surface area contributed by atoms with Crippen LogP contribution in [0.2, 0.25) is 0 Å². The van der Waals surface area contributed by atoms with E-state index in [2.05, 4.69) is 43.1 Å². The van der Waals surface area contributed by atoms with Gasteiger partial charge in [-0.25, -0.2) is 14.2 Å². The SMILES string of the molecule is CC(C)c1ccccc1NC(=O)NS/N=C/c1ccc2c(ccc3c(-c4ccc(OC(F)(F)F)cc4)n(C)nc32)n1. The average Bonchev–Trinajstić information content (AvgIpc) is 3.27. The van der Waals surface area contributed by atoms with Gasteiger partial charge in [0.25, 0.3) is 0 Å². The first kappa shape index (κ1) is 28.0. The molecule has 0 atom stereocenters. The number of aryl methyl sites for hydroxylation is 1. The summed E-state index contributed by atoms with van der Waals surface area (Å²) in [5.41, 5.74) is 5.23. The van der Waals surface area contributed by atoms with Crippen LogP contribution in [-0.2, 0) is 7.05 Å². The van der Waals surface area contributed by atoms with Crippen LogP contribution in [0.5, 0.6) is 5.75 Å². The number of alkyl halides is 3. The molecular weight excluding hydrogens is 553 g/mol. The molecule has 5 rings (SSSR count). The Kier molecular flexibility index (Phi) is 7.84. The van der Waals surface area contributed by atoms with Gasteiger partial charge in [0.05, 0.1) is 35.3 Å². The first-order valence-electron chi connectivity index (χ1n) is 12.6. The zero-order valence-electron chi connectivity index (χ0n) is 22.2. The highest BCUT2D eigenvalue weighted by atomic mass is 32.2. The number of nitrogens with one attached hydrogen (secondary N) is 2. The predicted molar refractivity (Wildman–Crippen MR) is 156 cm³/mol. The molecule has 2 N–H and O–H groups in total. The maximum absolute atomic E-state index is 12.5. The van der Waals surface area contributed by atoms with Gasteiger partial charge < -0.3 is 10.1 Å². The zero-order valence-corrected chi connectivity index (χ0v) is 23.0. The van der Waals surface area contributed by atoms with Gasteiger partial charge in [-0.15, -0.1) is 13.2 Å². The second-order valence-electron chi connectivity index (χ2n) is 9.43. The third kappa shape index (κ3) is 6.43. The minimum absolute atomic E-state index is 0.267. The Bertz CT molecular complexity index is 1750. The zero-order chi connectivity index (χ0) is 29.1. The number of fused-ring (bicyclic) bond motifs is 3. The third-order valence-corrected chi connectivity index (χ3v) is 6.75. The molecule has 0 unspecified atom stereocenters. The Morgan fingerprint density at radius 3 is 2.49 bits per heavy atom. The summed E-state index contributed by atoms with van der Waals surface area (Å²) in [4.78, 5) is 16.9. The number of para-hydroxylation sites is 1. The van der Waals surface area contributed by atoms with Gasteiger partial charge in [0.15, 0.2) is 0 Å². The van der Waals surface area contributed by atoms with E-state index in [4.69, 9.17) is 0 Å². The Hall–Kier alpha value is -4.58. The fraction of sp³-hybridized carbons (Fsp3) is 0.172. The van der Waals surface area contributed by atoms with Crippen molar-refractivity contribution < 1.29 is 22.7 Å². The number of nitrogens with zero attached hydrogens (tertiary/aromatic N) is 4. The Balaban J connectivity index is 1.29. The number of hydrogen-bond acceptors (Lipinski definition) is 6. The van der Waals surface area contributed by atoms with Gasteiger partial charge >= 0.3 is 12.4 Å². The number of pyridine rings is 1. The largest absolute Gasteiger partial charge is 0.573 e. The van der Waals surface area contributed by atoms with Gasteiger partial charge in [0, 0.05) is 29.1 Å². The topological polar surface area (TPSA) is 93.4 Å². The molecular formula is C29H25F3N6O2S. The lowest BCUT2D eigenvalue weighted by atomic mass is 10.0. The van der Waals surface area contributed by atoms with E-state index in [9.17, 15) is 18.0 Å². The molecule has 0 radical (unpaired) electrons. The molecule has 0 spiro atoms. The number of rotatable bonds is 7. The second kappa shape index (κ2) is 11.5. The van der Waals surface area contributed by atoms with Crippen molar-refractivity contribution in [3.05, 3.63) is 84.1 Å². The smallest absolute Gasteiger partial charge is 0.406 e. The fourth-order valence-corrected chi connectivity index (χ4v) is 4.86. The Morgan fingerprint density at radius 1 is 1.02 bits per heavy atom. The second-order valence-corrected chi connectivity index (χ2v) is 10.0. The fourth-order valence-electron chi connectivity index (χ4n) is 4.52. The number of carbonyl (C=O) groups excluding carboxylic acids is 1. The van der Waals surface area contributed by atoms with E-state index < -0.39 is 6.36 Å². The maximum atomic E-state index is 12.5. The van der Waals surface area contributed by atoms with Crippen LogP contribution in [0, 0.1) is 0 Å². The molecule has 3 aromatic carbocycles. The van der Waals surface area contributed by atoms with E-state index in [1.165, 1.54) is 12.1 Å². The highest BCUT2D eigenvalue weighted by Crippen LogP contribution is 2.34. The number of amides is 2. The monoisotopic (exact) mass is 578 g/mol. The quantitative estimate of drug-likeness (QED) is 0.153. The van der Waals surface area contributed by atoms with Crippen LogP contribution in [0.25, 0.3) is 33.1 Å². The van der Waals surface area contributed by atoms with Crippen molar-refractivity contribution in [2.45, 2.75) is 26.1 Å². The van der Waals surface area contributed by atoms with Crippen molar-refractivity contribution in [2.24, 2.45) is 11.4 Å². The molecule has 2 heterocycles. The highest BCUT2D eigenvalue weighted by molar-refractivity contribution is 7.96. The standard InChI is InChI=1S/C29H25F3N6O2S/c1-17(2)21-6-4-5-7-24(21)35-28(39)37-41-33-16-19-10-13-22-25(34-19)15-14-23-26(22)36-38(3)27(23)18-8-11-20(12-9-18)40-29(30,31)32/h4-17H,1-3H3,(H2,35,37,39)/b33-16+. The van der Waals surface area contributed by atoms with Gasteiger partial charge in [0.1, 0.15) is 11.3 Å². The third-order valence-electron chi connectivity index (χ3n) is 6.26. The van der Waals surface area contributed by atoms with Crippen molar-refractivity contribution in [1.29, 1.82) is 0 Å². The Morgan fingerprint density at radius 2 is 1.76 bits per heavy atom. The molecule has 0 saturated carbocycles. The van der Waals surface area contributed by atoms with E-state index in [0.29, 0.717) is 22.3 Å². The molecule has 0 saturated heterocycles. The van der Waals surface area contributed by atoms with Crippen molar-refractivity contribution in [1.82, 2.24) is 19.5 Å². The summed E-state index contributed by atoms with van der Waals surface area (Å²) in [5, 5.41) is 9.13. The van der Waals surface area contributed by atoms with Gasteiger partial charge in [0.2, 0.25) is 0 Å². The maximum Gasteiger partial charge on any atom is 0.573 e. The number of urea groups is 1. The molecule has 0 aliphatic rings. The molecule has 2 aromatic heterocycles. The summed E-state index contributed by atoms with van der Waals surface area (Å²) in [6.45, 7) is 4.12. The molecule has 8 nitrogen and oxygen atoms in total. The minimum Gasteiger partial charge on any atom is -0.406 e. The lowest BCUT2D eigenvalue weighted by Crippen LogP contribution is -2.23. The summed E-state index contributed by atoms with van der Waals surface area (Å²) < 4.78 is 50.1. The van der Waals surface area contributed by atoms with Gasteiger partial charge in [-0.1, -0.05) is 32.0 Å². The predicted octanol–water partition coefficient (Wildman–Crippen LogP) is 7.61. The van der Waals surface area contributed by atoms with Gasteiger partial charge in [-0.2, -0.15) is 5.10 Å². The molecule has 0 aliphatic carbocycles. The van der Waals surface area contributed by atoms with Crippen molar-refractivity contribution in [2.75, 3.05) is 5.32 Å². The van der Waals surface area contributed by atoms with Crippen molar-refractivity contribution in [3.8, 4) is 17.0 Å². The minimum atomic E-state index is -4.75. The first-order valence-corrected chi connectivity index (χ1v) is 13.3. The van der Waals surface area contributed by atoms with E-state index in [-0.39, 0.29) is 17.7 Å². The number of benzene rings is 3. The van der Waals surface area contributed by atoms with Crippen LogP contribution in [0.4, 0.5) is 23.7 Å². The van der Waals surface area contributed by atoms with Crippen LogP contribution in [0.15, 0.2) is 77.2 Å². The number of halogens is 3. The lowest BCUT2D eigenvalue weighted by Gasteiger charge is -2.13. The molecule has 0 aliphatic heterocycles. The Labute approximate surface area is 237 Å². The summed E-state index contributed by atoms with van der Waals surface area (Å²) in [6, 6.07) is 20.3. The summed E-state index contributed by atoms with van der Waals surface area (Å²) in [5.74, 6) is -0.0228. The molecule has 5 aromatic rings. The van der Waals surface area contributed by atoms with Gasteiger partial charge in [-0.3, -0.25) is 9.40 Å². The van der Waals surface area contributed by atoms with Gasteiger partial charge in [-0.05, 0) is 66.1 Å². The molecule has 0 fully saturated rings. The number of carbonyl (C=O) groups is 1. The molecule has 12 heteroatoms. The molecule has 41 heavy (non-hydrogen) atoms. The summed E-state index contributed by atoms with van der Waals surface area (Å²) >= 11 is 0.885. The molecule has 210 valence electrons. The van der Waals surface area contributed by atoms with Crippen LogP contribution < -0.4 is 14.8 Å². The van der Waals surface area contributed by atoms with Crippen molar-refractivity contribution in [3.63, 3.8) is 0 Å². The van der Waals surface area contributed by atoms with E-state index in [0.717, 1.165) is 39.9 Å². The van der Waals surface area contributed by atoms with E-state index in [1.54, 1.807) is 36.1 Å². The average molecular weight is 579 g/mol. The number of ether oxygens (including phenoxy) is 1. The van der Waals surface area contributed by atoms with Crippen LogP contribution in [-0.4, -0.2) is 33.4 Å². The molecule has 2 amide bonds. The highest BCUT2D eigenvalue weighted by Gasteiger charge is 2.31. The van der Waals surface area contributed by atoms with Crippen LogP contribution in [0.3, 0.4) is 0 Å². The summed E-state index contributed by atoms with van der Waals surface area (Å²) in [7, 11) is 1.78. The van der Waals surface area contributed by atoms with E-state index >= 15 is 0 Å².